The number of amides is 1. The Labute approximate surface area is 177 Å². The second-order valence-corrected chi connectivity index (χ2v) is 8.60. The molecule has 1 unspecified atom stereocenters. The molecule has 6 nitrogen and oxygen atoms in total. The van der Waals surface area contributed by atoms with Crippen molar-refractivity contribution in [1.29, 1.82) is 0 Å². The number of anilines is 1. The van der Waals surface area contributed by atoms with Crippen molar-refractivity contribution < 1.29 is 4.79 Å². The Morgan fingerprint density at radius 1 is 1.24 bits per heavy atom. The van der Waals surface area contributed by atoms with Crippen molar-refractivity contribution in [2.75, 3.05) is 5.32 Å². The Balaban J connectivity index is 1.60. The first kappa shape index (κ1) is 19.5. The van der Waals surface area contributed by atoms with Crippen LogP contribution < -0.4 is 10.6 Å². The lowest BCUT2D eigenvalue weighted by Gasteiger charge is -2.16. The lowest BCUT2D eigenvalue weighted by atomic mass is 10.1. The van der Waals surface area contributed by atoms with E-state index >= 15 is 0 Å². The summed E-state index contributed by atoms with van der Waals surface area (Å²) in [4.78, 5) is 28.5. The lowest BCUT2D eigenvalue weighted by Crippen LogP contribution is -2.22. The highest BCUT2D eigenvalue weighted by molar-refractivity contribution is 7.20. The number of fused-ring (bicyclic) bond motifs is 1. The highest BCUT2D eigenvalue weighted by Crippen LogP contribution is 2.35. The largest absolute Gasteiger partial charge is 0.362 e. The van der Waals surface area contributed by atoms with Crippen LogP contribution in [0.3, 0.4) is 0 Å². The molecule has 0 bridgehead atoms. The molecule has 4 aromatic heterocycles. The molecule has 148 valence electrons. The fourth-order valence-corrected chi connectivity index (χ4v) is 5.12. The molecule has 0 aliphatic carbocycles. The number of aromatic nitrogens is 3. The van der Waals surface area contributed by atoms with Gasteiger partial charge in [-0.25, -0.2) is 9.97 Å². The average Bonchev–Trinajstić information content (AvgIpc) is 3.40. The number of hydrogen-bond acceptors (Lipinski definition) is 7. The molecular weight excluding hydrogens is 402 g/mol. The summed E-state index contributed by atoms with van der Waals surface area (Å²) in [7, 11) is 0. The van der Waals surface area contributed by atoms with E-state index in [-0.39, 0.29) is 11.9 Å². The first-order valence-corrected chi connectivity index (χ1v) is 11.1. The first-order valence-electron chi connectivity index (χ1n) is 9.38. The predicted octanol–water partition coefficient (Wildman–Crippen LogP) is 4.95. The number of carbonyl (C=O) groups excluding carboxylic acids is 1. The molecule has 8 heteroatoms. The number of rotatable bonds is 7. The summed E-state index contributed by atoms with van der Waals surface area (Å²) in [5.74, 6) is 0.668. The summed E-state index contributed by atoms with van der Waals surface area (Å²) in [6.07, 6.45) is 5.96. The van der Waals surface area contributed by atoms with Crippen molar-refractivity contribution >= 4 is 44.6 Å². The minimum atomic E-state index is -0.106. The summed E-state index contributed by atoms with van der Waals surface area (Å²) in [5.41, 5.74) is 1.86. The molecule has 4 aromatic rings. The van der Waals surface area contributed by atoms with Crippen molar-refractivity contribution in [3.63, 3.8) is 0 Å². The number of nitrogens with zero attached hydrogens (tertiary/aromatic N) is 3. The highest BCUT2D eigenvalue weighted by atomic mass is 32.1. The van der Waals surface area contributed by atoms with Crippen molar-refractivity contribution in [2.45, 2.75) is 32.9 Å². The van der Waals surface area contributed by atoms with Crippen LogP contribution in [-0.4, -0.2) is 20.9 Å². The normalized spacial score (nSPS) is 12.1. The van der Waals surface area contributed by atoms with Crippen LogP contribution in [0.2, 0.25) is 0 Å². The van der Waals surface area contributed by atoms with Gasteiger partial charge in [0, 0.05) is 23.8 Å². The molecule has 29 heavy (non-hydrogen) atoms. The van der Waals surface area contributed by atoms with E-state index in [0.29, 0.717) is 11.4 Å². The van der Waals surface area contributed by atoms with E-state index in [9.17, 15) is 4.79 Å². The van der Waals surface area contributed by atoms with Crippen molar-refractivity contribution in [3.8, 4) is 0 Å². The standard InChI is InChI=1S/C21H21N5OS2/c1-3-15(16-7-5-9-28-16)26-19-17-13(2)18(29-21(17)25-12-24-19)20(27)23-11-14-6-4-8-22-10-14/h4-10,12,15H,3,11H2,1-2H3,(H,23,27)(H,24,25,26). The third-order valence-electron chi connectivity index (χ3n) is 4.71. The van der Waals surface area contributed by atoms with Gasteiger partial charge < -0.3 is 10.6 Å². The van der Waals surface area contributed by atoms with Crippen LogP contribution in [0.15, 0.2) is 48.4 Å². The van der Waals surface area contributed by atoms with Crippen LogP contribution >= 0.6 is 22.7 Å². The van der Waals surface area contributed by atoms with Gasteiger partial charge in [0.05, 0.1) is 16.3 Å². The molecule has 0 aromatic carbocycles. The number of nitrogens with one attached hydrogen (secondary N) is 2. The smallest absolute Gasteiger partial charge is 0.261 e. The number of carbonyl (C=O) groups is 1. The summed E-state index contributed by atoms with van der Waals surface area (Å²) in [6, 6.07) is 8.16. The lowest BCUT2D eigenvalue weighted by molar-refractivity contribution is 0.0954. The average molecular weight is 424 g/mol. The van der Waals surface area contributed by atoms with Crippen LogP contribution in [0.5, 0.6) is 0 Å². The molecule has 1 atom stereocenters. The fourth-order valence-electron chi connectivity index (χ4n) is 3.19. The molecule has 4 rings (SSSR count). The van der Waals surface area contributed by atoms with Crippen molar-refractivity contribution in [2.24, 2.45) is 0 Å². The first-order chi connectivity index (χ1) is 14.2. The molecular formula is C21H21N5OS2. The second kappa shape index (κ2) is 8.67. The molecule has 0 aliphatic heterocycles. The quantitative estimate of drug-likeness (QED) is 0.440. The SMILES string of the molecule is CCC(Nc1ncnc2sc(C(=O)NCc3cccnc3)c(C)c12)c1cccs1. The van der Waals surface area contributed by atoms with E-state index in [1.165, 1.54) is 16.2 Å². The van der Waals surface area contributed by atoms with Crippen LogP contribution in [0.4, 0.5) is 5.82 Å². The zero-order valence-electron chi connectivity index (χ0n) is 16.2. The van der Waals surface area contributed by atoms with Gasteiger partial charge in [0.1, 0.15) is 17.0 Å². The van der Waals surface area contributed by atoms with Crippen LogP contribution in [0, 0.1) is 6.92 Å². The molecule has 0 radical (unpaired) electrons. The van der Waals surface area contributed by atoms with Gasteiger partial charge in [-0.3, -0.25) is 9.78 Å². The van der Waals surface area contributed by atoms with Crippen molar-refractivity contribution in [3.05, 3.63) is 69.2 Å². The van der Waals surface area contributed by atoms with Crippen molar-refractivity contribution in [1.82, 2.24) is 20.3 Å². The third-order valence-corrected chi connectivity index (χ3v) is 6.90. The van der Waals surface area contributed by atoms with Gasteiger partial charge in [-0.05, 0) is 42.0 Å². The highest BCUT2D eigenvalue weighted by Gasteiger charge is 2.21. The third kappa shape index (κ3) is 4.13. The molecule has 0 saturated carbocycles. The summed E-state index contributed by atoms with van der Waals surface area (Å²) < 4.78 is 0. The minimum absolute atomic E-state index is 0.106. The number of aryl methyl sites for hydroxylation is 1. The summed E-state index contributed by atoms with van der Waals surface area (Å²) >= 11 is 3.12. The van der Waals surface area contributed by atoms with Crippen LogP contribution in [0.25, 0.3) is 10.2 Å². The van der Waals surface area contributed by atoms with Gasteiger partial charge in [0.15, 0.2) is 0 Å². The number of pyridine rings is 1. The maximum absolute atomic E-state index is 12.8. The van der Waals surface area contributed by atoms with Gasteiger partial charge >= 0.3 is 0 Å². The van der Waals surface area contributed by atoms with Gasteiger partial charge in [-0.2, -0.15) is 0 Å². The Bertz CT molecular complexity index is 1110. The van der Waals surface area contributed by atoms with Gasteiger partial charge in [0.2, 0.25) is 0 Å². The second-order valence-electron chi connectivity index (χ2n) is 6.62. The Kier molecular flexibility index (Phi) is 5.82. The minimum Gasteiger partial charge on any atom is -0.362 e. The van der Waals surface area contributed by atoms with Crippen LogP contribution in [0.1, 0.15) is 45.1 Å². The molecule has 2 N–H and O–H groups in total. The monoisotopic (exact) mass is 423 g/mol. The van der Waals surface area contributed by atoms with Crippen LogP contribution in [-0.2, 0) is 6.54 Å². The van der Waals surface area contributed by atoms with E-state index in [4.69, 9.17) is 0 Å². The summed E-state index contributed by atoms with van der Waals surface area (Å²) in [6.45, 7) is 4.54. The van der Waals surface area contributed by atoms with E-state index in [1.54, 1.807) is 30.1 Å². The Morgan fingerprint density at radius 2 is 2.14 bits per heavy atom. The zero-order chi connectivity index (χ0) is 20.2. The fraction of sp³-hybridized carbons (Fsp3) is 0.238. The Hall–Kier alpha value is -2.84. The molecule has 0 saturated heterocycles. The molecule has 0 fully saturated rings. The Morgan fingerprint density at radius 3 is 2.86 bits per heavy atom. The number of thiophene rings is 2. The summed E-state index contributed by atoms with van der Waals surface area (Å²) in [5, 5.41) is 9.52. The molecule has 0 spiro atoms. The molecule has 0 aliphatic rings. The van der Waals surface area contributed by atoms with E-state index in [2.05, 4.69) is 50.0 Å². The maximum atomic E-state index is 12.8. The molecule has 1 amide bonds. The van der Waals surface area contributed by atoms with E-state index < -0.39 is 0 Å². The maximum Gasteiger partial charge on any atom is 0.261 e. The van der Waals surface area contributed by atoms with E-state index in [1.807, 2.05) is 19.1 Å². The predicted molar refractivity (Wildman–Crippen MR) is 119 cm³/mol. The molecule has 4 heterocycles. The van der Waals surface area contributed by atoms with Gasteiger partial charge in [-0.1, -0.05) is 19.1 Å². The van der Waals surface area contributed by atoms with E-state index in [0.717, 1.165) is 33.6 Å². The van der Waals surface area contributed by atoms with Gasteiger partial charge in [-0.15, -0.1) is 22.7 Å². The number of hydrogen-bond donors (Lipinski definition) is 2. The topological polar surface area (TPSA) is 79.8 Å². The zero-order valence-corrected chi connectivity index (χ0v) is 17.8. The van der Waals surface area contributed by atoms with Gasteiger partial charge in [0.25, 0.3) is 5.91 Å².